The molecule has 3 rings (SSSR count). The van der Waals surface area contributed by atoms with Crippen LogP contribution in [0.5, 0.6) is 11.5 Å². The number of hydrazone groups is 1. The average molecular weight is 405 g/mol. The van der Waals surface area contributed by atoms with Crippen molar-refractivity contribution < 1.29 is 15.0 Å². The SMILES string of the molecule is O=C(N/N=C\c1ccc(O)cc1O)c1ccn(Cc2ccc(Cl)cc2Cl)n1. The molecule has 0 radical (unpaired) electrons. The lowest BCUT2D eigenvalue weighted by Gasteiger charge is -2.05. The van der Waals surface area contributed by atoms with Crippen molar-refractivity contribution in [2.24, 2.45) is 5.10 Å². The van der Waals surface area contributed by atoms with Crippen molar-refractivity contribution in [3.8, 4) is 11.5 Å². The number of benzene rings is 2. The van der Waals surface area contributed by atoms with Crippen LogP contribution in [-0.2, 0) is 6.54 Å². The number of hydrogen-bond donors (Lipinski definition) is 3. The predicted octanol–water partition coefficient (Wildman–Crippen LogP) is 3.41. The predicted molar refractivity (Wildman–Crippen MR) is 103 cm³/mol. The van der Waals surface area contributed by atoms with Crippen LogP contribution < -0.4 is 5.43 Å². The number of aromatic nitrogens is 2. The first-order valence-corrected chi connectivity index (χ1v) is 8.51. The maximum Gasteiger partial charge on any atom is 0.291 e. The minimum absolute atomic E-state index is 0.0694. The van der Waals surface area contributed by atoms with Gasteiger partial charge in [0.2, 0.25) is 0 Å². The van der Waals surface area contributed by atoms with Gasteiger partial charge in [-0.3, -0.25) is 9.48 Å². The summed E-state index contributed by atoms with van der Waals surface area (Å²) in [6.07, 6.45) is 2.91. The van der Waals surface area contributed by atoms with Crippen molar-refractivity contribution in [1.82, 2.24) is 15.2 Å². The Hall–Kier alpha value is -3.03. The zero-order valence-corrected chi connectivity index (χ0v) is 15.3. The van der Waals surface area contributed by atoms with Crippen molar-refractivity contribution in [2.45, 2.75) is 6.54 Å². The Morgan fingerprint density at radius 1 is 1.19 bits per heavy atom. The minimum Gasteiger partial charge on any atom is -0.508 e. The zero-order chi connectivity index (χ0) is 19.4. The molecule has 138 valence electrons. The summed E-state index contributed by atoms with van der Waals surface area (Å²) in [6, 6.07) is 10.7. The lowest BCUT2D eigenvalue weighted by Crippen LogP contribution is -2.18. The molecule has 3 aromatic rings. The van der Waals surface area contributed by atoms with Crippen LogP contribution in [0.1, 0.15) is 21.6 Å². The fraction of sp³-hybridized carbons (Fsp3) is 0.0556. The quantitative estimate of drug-likeness (QED) is 0.448. The van der Waals surface area contributed by atoms with Gasteiger partial charge < -0.3 is 10.2 Å². The highest BCUT2D eigenvalue weighted by atomic mass is 35.5. The van der Waals surface area contributed by atoms with Crippen molar-refractivity contribution in [2.75, 3.05) is 0 Å². The van der Waals surface area contributed by atoms with E-state index in [4.69, 9.17) is 23.2 Å². The topological polar surface area (TPSA) is 99.7 Å². The molecule has 7 nitrogen and oxygen atoms in total. The van der Waals surface area contributed by atoms with Gasteiger partial charge in [-0.2, -0.15) is 10.2 Å². The summed E-state index contributed by atoms with van der Waals surface area (Å²) in [5.41, 5.74) is 3.66. The molecule has 9 heteroatoms. The van der Waals surface area contributed by atoms with E-state index in [1.165, 1.54) is 24.4 Å². The van der Waals surface area contributed by atoms with Crippen molar-refractivity contribution in [1.29, 1.82) is 0 Å². The second kappa shape index (κ2) is 8.11. The molecule has 0 saturated heterocycles. The molecule has 0 unspecified atom stereocenters. The Morgan fingerprint density at radius 3 is 2.74 bits per heavy atom. The molecule has 27 heavy (non-hydrogen) atoms. The third kappa shape index (κ3) is 4.78. The lowest BCUT2D eigenvalue weighted by molar-refractivity contribution is 0.0949. The van der Waals surface area contributed by atoms with Crippen molar-refractivity contribution in [3.63, 3.8) is 0 Å². The van der Waals surface area contributed by atoms with Crippen LogP contribution in [0.25, 0.3) is 0 Å². The molecule has 0 bridgehead atoms. The molecule has 2 aromatic carbocycles. The molecule has 0 saturated carbocycles. The normalized spacial score (nSPS) is 11.0. The highest BCUT2D eigenvalue weighted by Crippen LogP contribution is 2.22. The first-order chi connectivity index (χ1) is 12.9. The summed E-state index contributed by atoms with van der Waals surface area (Å²) >= 11 is 12.0. The Labute approximate surface area is 164 Å². The summed E-state index contributed by atoms with van der Waals surface area (Å²) < 4.78 is 1.57. The third-order valence-electron chi connectivity index (χ3n) is 3.60. The van der Waals surface area contributed by atoms with E-state index in [0.717, 1.165) is 5.56 Å². The maximum absolute atomic E-state index is 12.1. The zero-order valence-electron chi connectivity index (χ0n) is 13.8. The van der Waals surface area contributed by atoms with Crippen LogP contribution >= 0.6 is 23.2 Å². The molecule has 0 fully saturated rings. The average Bonchev–Trinajstić information content (AvgIpc) is 3.08. The van der Waals surface area contributed by atoms with E-state index >= 15 is 0 Å². The van der Waals surface area contributed by atoms with Gasteiger partial charge >= 0.3 is 0 Å². The van der Waals surface area contributed by atoms with Crippen LogP contribution in [0.15, 0.2) is 53.8 Å². The molecule has 0 aliphatic carbocycles. The van der Waals surface area contributed by atoms with E-state index in [2.05, 4.69) is 15.6 Å². The molecular weight excluding hydrogens is 391 g/mol. The fourth-order valence-corrected chi connectivity index (χ4v) is 2.72. The van der Waals surface area contributed by atoms with Gasteiger partial charge in [0.05, 0.1) is 12.8 Å². The van der Waals surface area contributed by atoms with Gasteiger partial charge in [0.15, 0.2) is 5.69 Å². The van der Waals surface area contributed by atoms with E-state index in [-0.39, 0.29) is 17.2 Å². The third-order valence-corrected chi connectivity index (χ3v) is 4.19. The summed E-state index contributed by atoms with van der Waals surface area (Å²) in [7, 11) is 0. The van der Waals surface area contributed by atoms with Crippen LogP contribution in [0.3, 0.4) is 0 Å². The summed E-state index contributed by atoms with van der Waals surface area (Å²) in [4.78, 5) is 12.1. The molecule has 3 N–H and O–H groups in total. The maximum atomic E-state index is 12.1. The number of aromatic hydroxyl groups is 2. The number of nitrogens with zero attached hydrogens (tertiary/aromatic N) is 3. The fourth-order valence-electron chi connectivity index (χ4n) is 2.25. The number of hydrogen-bond acceptors (Lipinski definition) is 5. The second-order valence-corrected chi connectivity index (χ2v) is 6.42. The van der Waals surface area contributed by atoms with Gasteiger partial charge in [-0.1, -0.05) is 29.3 Å². The van der Waals surface area contributed by atoms with Gasteiger partial charge in [-0.05, 0) is 35.9 Å². The van der Waals surface area contributed by atoms with Gasteiger partial charge in [-0.15, -0.1) is 0 Å². The van der Waals surface area contributed by atoms with E-state index in [1.54, 1.807) is 35.1 Å². The molecule has 0 atom stereocenters. The summed E-state index contributed by atoms with van der Waals surface area (Å²) in [5, 5.41) is 27.9. The number of nitrogens with one attached hydrogen (secondary N) is 1. The van der Waals surface area contributed by atoms with E-state index in [9.17, 15) is 15.0 Å². The number of carbonyl (C=O) groups excluding carboxylic acids is 1. The highest BCUT2D eigenvalue weighted by Gasteiger charge is 2.10. The molecule has 1 aromatic heterocycles. The van der Waals surface area contributed by atoms with Gasteiger partial charge in [0.25, 0.3) is 5.91 Å². The Bertz CT molecular complexity index is 1020. The van der Waals surface area contributed by atoms with Gasteiger partial charge in [0.1, 0.15) is 11.5 Å². The second-order valence-electron chi connectivity index (χ2n) is 5.58. The summed E-state index contributed by atoms with van der Waals surface area (Å²) in [6.45, 7) is 0.383. The minimum atomic E-state index is -0.509. The Kier molecular flexibility index (Phi) is 5.63. The number of phenolic OH excluding ortho intramolecular Hbond substituents is 2. The van der Waals surface area contributed by atoms with Crippen molar-refractivity contribution >= 4 is 35.3 Å². The Balaban J connectivity index is 1.63. The van der Waals surface area contributed by atoms with Gasteiger partial charge in [0, 0.05) is 27.9 Å². The molecule has 0 spiro atoms. The molecule has 0 aliphatic heterocycles. The van der Waals surface area contributed by atoms with E-state index in [0.29, 0.717) is 22.2 Å². The standard InChI is InChI=1S/C18H14Cl2N4O3/c19-13-3-1-12(15(20)7-13)10-24-6-5-16(23-24)18(27)22-21-9-11-2-4-14(25)8-17(11)26/h1-9,25-26H,10H2,(H,22,27)/b21-9-. The number of halogens is 2. The van der Waals surface area contributed by atoms with Crippen LogP contribution in [0, 0.1) is 0 Å². The monoisotopic (exact) mass is 404 g/mol. The largest absolute Gasteiger partial charge is 0.508 e. The summed E-state index contributed by atoms with van der Waals surface area (Å²) in [5.74, 6) is -0.734. The number of amides is 1. The highest BCUT2D eigenvalue weighted by molar-refractivity contribution is 6.35. The number of carbonyl (C=O) groups is 1. The smallest absolute Gasteiger partial charge is 0.291 e. The molecule has 1 amide bonds. The lowest BCUT2D eigenvalue weighted by atomic mass is 10.2. The number of phenols is 2. The molecule has 0 aliphatic rings. The molecular formula is C18H14Cl2N4O3. The van der Waals surface area contributed by atoms with E-state index in [1.807, 2.05) is 0 Å². The van der Waals surface area contributed by atoms with Gasteiger partial charge in [-0.25, -0.2) is 5.43 Å². The Morgan fingerprint density at radius 2 is 2.00 bits per heavy atom. The van der Waals surface area contributed by atoms with Crippen molar-refractivity contribution in [3.05, 3.63) is 75.5 Å². The first kappa shape index (κ1) is 18.8. The van der Waals surface area contributed by atoms with Crippen LogP contribution in [0.2, 0.25) is 10.0 Å². The van der Waals surface area contributed by atoms with E-state index < -0.39 is 5.91 Å². The van der Waals surface area contributed by atoms with Crippen LogP contribution in [-0.4, -0.2) is 32.1 Å². The van der Waals surface area contributed by atoms with Crippen LogP contribution in [0.4, 0.5) is 0 Å². The number of rotatable bonds is 5. The molecule has 1 heterocycles. The first-order valence-electron chi connectivity index (χ1n) is 7.75.